The van der Waals surface area contributed by atoms with Crippen molar-refractivity contribution in [3.05, 3.63) is 77.9 Å². The number of halogens is 1. The van der Waals surface area contributed by atoms with Crippen molar-refractivity contribution in [3.8, 4) is 22.6 Å². The molecule has 3 aromatic heterocycles. The second kappa shape index (κ2) is 8.01. The number of benzene rings is 1. The predicted octanol–water partition coefficient (Wildman–Crippen LogP) is 4.93. The molecule has 2 amide bonds. The number of anilines is 1. The zero-order valence-electron chi connectivity index (χ0n) is 14.6. The molecule has 3 heterocycles. The SMILES string of the molecule is O=C(NCc1cncc(-c2ccco2)c1)Nc1nc(-c2ccc(F)cc2)cs1. The van der Waals surface area contributed by atoms with Gasteiger partial charge < -0.3 is 9.73 Å². The van der Waals surface area contributed by atoms with E-state index in [1.807, 2.05) is 18.2 Å². The van der Waals surface area contributed by atoms with E-state index < -0.39 is 0 Å². The van der Waals surface area contributed by atoms with E-state index in [1.54, 1.807) is 36.2 Å². The van der Waals surface area contributed by atoms with Crippen molar-refractivity contribution in [2.24, 2.45) is 0 Å². The first-order chi connectivity index (χ1) is 13.7. The van der Waals surface area contributed by atoms with Gasteiger partial charge in [0, 0.05) is 35.4 Å². The second-order valence-corrected chi connectivity index (χ2v) is 6.77. The molecule has 140 valence electrons. The fraction of sp³-hybridized carbons (Fsp3) is 0.0500. The third-order valence-electron chi connectivity index (χ3n) is 3.92. The number of nitrogens with one attached hydrogen (secondary N) is 2. The van der Waals surface area contributed by atoms with Crippen LogP contribution in [0.3, 0.4) is 0 Å². The molecule has 6 nitrogen and oxygen atoms in total. The summed E-state index contributed by atoms with van der Waals surface area (Å²) >= 11 is 1.30. The zero-order chi connectivity index (χ0) is 19.3. The van der Waals surface area contributed by atoms with Crippen molar-refractivity contribution in [1.82, 2.24) is 15.3 Å². The quantitative estimate of drug-likeness (QED) is 0.503. The number of hydrogen-bond donors (Lipinski definition) is 2. The molecular weight excluding hydrogens is 379 g/mol. The molecule has 0 unspecified atom stereocenters. The Bertz CT molecular complexity index is 1080. The molecule has 0 fully saturated rings. The molecule has 0 aliphatic rings. The summed E-state index contributed by atoms with van der Waals surface area (Å²) in [4.78, 5) is 20.7. The first-order valence-corrected chi connectivity index (χ1v) is 9.29. The zero-order valence-corrected chi connectivity index (χ0v) is 15.4. The maximum Gasteiger partial charge on any atom is 0.321 e. The molecule has 28 heavy (non-hydrogen) atoms. The van der Waals surface area contributed by atoms with Gasteiger partial charge in [0.2, 0.25) is 0 Å². The number of thiazole rings is 1. The maximum atomic E-state index is 13.0. The molecule has 0 bridgehead atoms. The van der Waals surface area contributed by atoms with Crippen LogP contribution in [0.4, 0.5) is 14.3 Å². The van der Waals surface area contributed by atoms with Crippen LogP contribution in [0.15, 0.2) is 70.9 Å². The lowest BCUT2D eigenvalue weighted by Gasteiger charge is -2.06. The van der Waals surface area contributed by atoms with Crippen LogP contribution in [0.2, 0.25) is 0 Å². The van der Waals surface area contributed by atoms with E-state index in [0.29, 0.717) is 17.4 Å². The van der Waals surface area contributed by atoms with Crippen LogP contribution < -0.4 is 10.6 Å². The number of carbonyl (C=O) groups excluding carboxylic acids is 1. The maximum absolute atomic E-state index is 13.0. The molecule has 0 aliphatic carbocycles. The lowest BCUT2D eigenvalue weighted by Crippen LogP contribution is -2.28. The van der Waals surface area contributed by atoms with Crippen molar-refractivity contribution in [2.75, 3.05) is 5.32 Å². The van der Waals surface area contributed by atoms with E-state index in [-0.39, 0.29) is 11.8 Å². The summed E-state index contributed by atoms with van der Waals surface area (Å²) in [7, 11) is 0. The van der Waals surface area contributed by atoms with Gasteiger partial charge in [0.15, 0.2) is 5.13 Å². The average molecular weight is 394 g/mol. The molecule has 0 saturated carbocycles. The summed E-state index contributed by atoms with van der Waals surface area (Å²) in [5.41, 5.74) is 3.14. The van der Waals surface area contributed by atoms with Gasteiger partial charge in [0.05, 0.1) is 12.0 Å². The fourth-order valence-electron chi connectivity index (χ4n) is 2.57. The first kappa shape index (κ1) is 17.9. The van der Waals surface area contributed by atoms with Crippen molar-refractivity contribution in [3.63, 3.8) is 0 Å². The second-order valence-electron chi connectivity index (χ2n) is 5.91. The van der Waals surface area contributed by atoms with Crippen LogP contribution in [-0.4, -0.2) is 16.0 Å². The van der Waals surface area contributed by atoms with Crippen LogP contribution in [0.1, 0.15) is 5.56 Å². The summed E-state index contributed by atoms with van der Waals surface area (Å²) < 4.78 is 18.4. The Kier molecular flexibility index (Phi) is 5.11. The van der Waals surface area contributed by atoms with Gasteiger partial charge in [-0.05, 0) is 48.0 Å². The van der Waals surface area contributed by atoms with Gasteiger partial charge in [-0.2, -0.15) is 0 Å². The highest BCUT2D eigenvalue weighted by molar-refractivity contribution is 7.14. The number of urea groups is 1. The standard InChI is InChI=1S/C20H15FN4O2S/c21-16-5-3-14(4-6-16)17-12-28-20(24-17)25-19(26)23-10-13-8-15(11-22-9-13)18-2-1-7-27-18/h1-9,11-12H,10H2,(H2,23,24,25,26). The van der Waals surface area contributed by atoms with Gasteiger partial charge in [0.1, 0.15) is 11.6 Å². The average Bonchev–Trinajstić information content (AvgIpc) is 3.40. The number of furan rings is 1. The Morgan fingerprint density at radius 1 is 1.14 bits per heavy atom. The molecule has 4 rings (SSSR count). The number of hydrogen-bond acceptors (Lipinski definition) is 5. The Balaban J connectivity index is 1.35. The molecule has 4 aromatic rings. The molecule has 0 saturated heterocycles. The smallest absolute Gasteiger partial charge is 0.321 e. The summed E-state index contributed by atoms with van der Waals surface area (Å²) in [6.07, 6.45) is 4.99. The highest BCUT2D eigenvalue weighted by Gasteiger charge is 2.09. The van der Waals surface area contributed by atoms with E-state index in [1.165, 1.54) is 23.5 Å². The van der Waals surface area contributed by atoms with Gasteiger partial charge in [-0.25, -0.2) is 14.2 Å². The Labute approximate surface area is 164 Å². The van der Waals surface area contributed by atoms with Crippen LogP contribution in [0.25, 0.3) is 22.6 Å². The summed E-state index contributed by atoms with van der Waals surface area (Å²) in [6.45, 7) is 0.309. The van der Waals surface area contributed by atoms with E-state index in [2.05, 4.69) is 20.6 Å². The van der Waals surface area contributed by atoms with E-state index in [4.69, 9.17) is 4.42 Å². The van der Waals surface area contributed by atoms with Gasteiger partial charge in [-0.3, -0.25) is 10.3 Å². The van der Waals surface area contributed by atoms with Gasteiger partial charge in [0.25, 0.3) is 0 Å². The Morgan fingerprint density at radius 2 is 2.00 bits per heavy atom. The van der Waals surface area contributed by atoms with E-state index >= 15 is 0 Å². The Hall–Kier alpha value is -3.52. The van der Waals surface area contributed by atoms with Gasteiger partial charge >= 0.3 is 6.03 Å². The number of aromatic nitrogens is 2. The van der Waals surface area contributed by atoms with Crippen molar-refractivity contribution < 1.29 is 13.6 Å². The van der Waals surface area contributed by atoms with E-state index in [0.717, 1.165) is 22.5 Å². The largest absolute Gasteiger partial charge is 0.464 e. The third kappa shape index (κ3) is 4.24. The lowest BCUT2D eigenvalue weighted by molar-refractivity contribution is 0.251. The highest BCUT2D eigenvalue weighted by atomic mass is 32.1. The molecular formula is C20H15FN4O2S. The lowest BCUT2D eigenvalue weighted by atomic mass is 10.1. The van der Waals surface area contributed by atoms with Crippen molar-refractivity contribution in [2.45, 2.75) is 6.54 Å². The molecule has 2 N–H and O–H groups in total. The van der Waals surface area contributed by atoms with Crippen LogP contribution in [-0.2, 0) is 6.54 Å². The minimum absolute atomic E-state index is 0.303. The van der Waals surface area contributed by atoms with Crippen molar-refractivity contribution >= 4 is 22.5 Å². The number of pyridine rings is 1. The van der Waals surface area contributed by atoms with Gasteiger partial charge in [-0.1, -0.05) is 0 Å². The predicted molar refractivity (Wildman–Crippen MR) is 105 cm³/mol. The van der Waals surface area contributed by atoms with Crippen LogP contribution >= 0.6 is 11.3 Å². The Morgan fingerprint density at radius 3 is 2.79 bits per heavy atom. The molecule has 8 heteroatoms. The van der Waals surface area contributed by atoms with E-state index in [9.17, 15) is 9.18 Å². The third-order valence-corrected chi connectivity index (χ3v) is 4.68. The topological polar surface area (TPSA) is 80.0 Å². The monoisotopic (exact) mass is 394 g/mol. The summed E-state index contributed by atoms with van der Waals surface area (Å²) in [6, 6.07) is 11.2. The van der Waals surface area contributed by atoms with Crippen molar-refractivity contribution in [1.29, 1.82) is 0 Å². The minimum atomic E-state index is -0.372. The molecule has 0 aliphatic heterocycles. The number of rotatable bonds is 5. The van der Waals surface area contributed by atoms with Crippen LogP contribution in [0, 0.1) is 5.82 Å². The highest BCUT2D eigenvalue weighted by Crippen LogP contribution is 2.25. The number of nitrogens with zero attached hydrogens (tertiary/aromatic N) is 2. The van der Waals surface area contributed by atoms with Crippen LogP contribution in [0.5, 0.6) is 0 Å². The normalized spacial score (nSPS) is 10.6. The molecule has 0 spiro atoms. The molecule has 0 radical (unpaired) electrons. The first-order valence-electron chi connectivity index (χ1n) is 8.41. The molecule has 0 atom stereocenters. The van der Waals surface area contributed by atoms with Gasteiger partial charge in [-0.15, -0.1) is 11.3 Å². The molecule has 1 aromatic carbocycles. The fourth-order valence-corrected chi connectivity index (χ4v) is 3.28. The number of amides is 2. The summed E-state index contributed by atoms with van der Waals surface area (Å²) in [5, 5.41) is 7.74. The minimum Gasteiger partial charge on any atom is -0.464 e. The summed E-state index contributed by atoms with van der Waals surface area (Å²) in [5.74, 6) is 0.414. The number of carbonyl (C=O) groups is 1.